The fraction of sp³-hybridized carbons (Fsp3) is 0.0625. The van der Waals surface area contributed by atoms with E-state index in [0.29, 0.717) is 15.8 Å². The summed E-state index contributed by atoms with van der Waals surface area (Å²) >= 11 is 0. The SMILES string of the molecule is Nc1cnn(-c2ccc(-c3ccc(F)cc3)cc2F)c1C(F)(F)F. The van der Waals surface area contributed by atoms with Crippen LogP contribution in [0.2, 0.25) is 0 Å². The summed E-state index contributed by atoms with van der Waals surface area (Å²) in [6.07, 6.45) is -3.96. The van der Waals surface area contributed by atoms with Gasteiger partial charge in [0.25, 0.3) is 0 Å². The summed E-state index contributed by atoms with van der Waals surface area (Å²) in [4.78, 5) is 0. The smallest absolute Gasteiger partial charge is 0.396 e. The van der Waals surface area contributed by atoms with Gasteiger partial charge in [-0.2, -0.15) is 18.3 Å². The Balaban J connectivity index is 2.07. The van der Waals surface area contributed by atoms with E-state index in [9.17, 15) is 22.0 Å². The molecule has 0 aliphatic rings. The molecule has 0 amide bonds. The number of hydrogen-bond acceptors (Lipinski definition) is 2. The van der Waals surface area contributed by atoms with E-state index in [4.69, 9.17) is 5.73 Å². The van der Waals surface area contributed by atoms with Crippen LogP contribution in [0.25, 0.3) is 16.8 Å². The predicted octanol–water partition coefficient (Wildman–Crippen LogP) is 4.42. The summed E-state index contributed by atoms with van der Waals surface area (Å²) in [6.45, 7) is 0. The van der Waals surface area contributed by atoms with Crippen LogP contribution in [0.4, 0.5) is 27.6 Å². The minimum absolute atomic E-state index is 0.384. The zero-order chi connectivity index (χ0) is 17.5. The summed E-state index contributed by atoms with van der Waals surface area (Å²) in [6, 6.07) is 8.93. The Hall–Kier alpha value is -2.90. The van der Waals surface area contributed by atoms with Crippen LogP contribution in [0.5, 0.6) is 0 Å². The number of benzene rings is 2. The molecule has 24 heavy (non-hydrogen) atoms. The van der Waals surface area contributed by atoms with Gasteiger partial charge in [-0.05, 0) is 35.4 Å². The van der Waals surface area contributed by atoms with Gasteiger partial charge in [0, 0.05) is 0 Å². The summed E-state index contributed by atoms with van der Waals surface area (Å²) in [7, 11) is 0. The number of alkyl halides is 3. The van der Waals surface area contributed by atoms with Crippen molar-refractivity contribution in [2.75, 3.05) is 5.73 Å². The monoisotopic (exact) mass is 339 g/mol. The first-order valence-electron chi connectivity index (χ1n) is 6.74. The Kier molecular flexibility index (Phi) is 3.75. The number of halogens is 5. The maximum atomic E-state index is 14.3. The van der Waals surface area contributed by atoms with Crippen LogP contribution in [0, 0.1) is 11.6 Å². The molecule has 1 aromatic heterocycles. The van der Waals surface area contributed by atoms with Crippen LogP contribution in [-0.4, -0.2) is 9.78 Å². The predicted molar refractivity (Wildman–Crippen MR) is 78.3 cm³/mol. The lowest BCUT2D eigenvalue weighted by atomic mass is 10.1. The van der Waals surface area contributed by atoms with E-state index in [0.717, 1.165) is 18.3 Å². The lowest BCUT2D eigenvalue weighted by Gasteiger charge is -2.12. The molecule has 0 saturated carbocycles. The molecular formula is C16H10F5N3. The van der Waals surface area contributed by atoms with Crippen LogP contribution in [0.15, 0.2) is 48.7 Å². The number of anilines is 1. The van der Waals surface area contributed by atoms with Gasteiger partial charge in [-0.1, -0.05) is 18.2 Å². The van der Waals surface area contributed by atoms with Gasteiger partial charge in [-0.25, -0.2) is 13.5 Å². The normalized spacial score (nSPS) is 11.7. The van der Waals surface area contributed by atoms with Gasteiger partial charge in [-0.15, -0.1) is 0 Å². The molecule has 8 heteroatoms. The van der Waals surface area contributed by atoms with Gasteiger partial charge in [-0.3, -0.25) is 0 Å². The molecule has 0 spiro atoms. The molecule has 0 radical (unpaired) electrons. The summed E-state index contributed by atoms with van der Waals surface area (Å²) in [5.41, 5.74) is 3.99. The highest BCUT2D eigenvalue weighted by molar-refractivity contribution is 5.65. The maximum absolute atomic E-state index is 14.3. The second-order valence-electron chi connectivity index (χ2n) is 5.03. The molecule has 3 aromatic rings. The molecular weight excluding hydrogens is 329 g/mol. The topological polar surface area (TPSA) is 43.8 Å². The molecule has 0 atom stereocenters. The summed E-state index contributed by atoms with van der Waals surface area (Å²) < 4.78 is 66.8. The van der Waals surface area contributed by atoms with Crippen molar-refractivity contribution in [1.29, 1.82) is 0 Å². The van der Waals surface area contributed by atoms with Gasteiger partial charge in [0.2, 0.25) is 0 Å². The largest absolute Gasteiger partial charge is 0.435 e. The Morgan fingerprint density at radius 2 is 1.54 bits per heavy atom. The van der Waals surface area contributed by atoms with Crippen molar-refractivity contribution in [1.82, 2.24) is 9.78 Å². The lowest BCUT2D eigenvalue weighted by Crippen LogP contribution is -2.16. The van der Waals surface area contributed by atoms with E-state index in [2.05, 4.69) is 5.10 Å². The second kappa shape index (κ2) is 5.63. The molecule has 0 bridgehead atoms. The minimum atomic E-state index is -4.78. The number of rotatable bonds is 2. The summed E-state index contributed by atoms with van der Waals surface area (Å²) in [5, 5.41) is 3.51. The molecule has 0 fully saturated rings. The Morgan fingerprint density at radius 3 is 2.12 bits per heavy atom. The molecule has 0 saturated heterocycles. The third-order valence-electron chi connectivity index (χ3n) is 3.42. The van der Waals surface area contributed by atoms with Crippen molar-refractivity contribution in [3.05, 3.63) is 66.0 Å². The summed E-state index contributed by atoms with van der Waals surface area (Å²) in [5.74, 6) is -1.36. The first-order valence-corrected chi connectivity index (χ1v) is 6.74. The third-order valence-corrected chi connectivity index (χ3v) is 3.42. The Morgan fingerprint density at radius 1 is 0.917 bits per heavy atom. The van der Waals surface area contributed by atoms with Crippen LogP contribution < -0.4 is 5.73 Å². The van der Waals surface area contributed by atoms with E-state index in [-0.39, 0.29) is 5.69 Å². The molecule has 0 aliphatic heterocycles. The number of hydrogen-bond donors (Lipinski definition) is 1. The molecule has 3 rings (SSSR count). The molecule has 0 unspecified atom stereocenters. The average Bonchev–Trinajstić information content (AvgIpc) is 2.89. The van der Waals surface area contributed by atoms with Gasteiger partial charge in [0.05, 0.1) is 11.9 Å². The minimum Gasteiger partial charge on any atom is -0.396 e. The zero-order valence-electron chi connectivity index (χ0n) is 12.0. The van der Waals surface area contributed by atoms with Gasteiger partial charge in [0.1, 0.15) is 17.3 Å². The standard InChI is InChI=1S/C16H10F5N3/c17-11-4-1-9(2-5-11)10-3-6-14(12(18)7-10)24-15(16(19,20)21)13(22)8-23-24/h1-8H,22H2. The molecule has 124 valence electrons. The first-order chi connectivity index (χ1) is 11.3. The number of aromatic nitrogens is 2. The van der Waals surface area contributed by atoms with Gasteiger partial charge in [0.15, 0.2) is 5.69 Å². The van der Waals surface area contributed by atoms with Crippen molar-refractivity contribution in [3.63, 3.8) is 0 Å². The maximum Gasteiger partial charge on any atom is 0.435 e. The van der Waals surface area contributed by atoms with E-state index in [1.165, 1.54) is 30.3 Å². The van der Waals surface area contributed by atoms with Crippen molar-refractivity contribution in [2.45, 2.75) is 6.18 Å². The van der Waals surface area contributed by atoms with Crippen molar-refractivity contribution in [2.24, 2.45) is 0 Å². The quantitative estimate of drug-likeness (QED) is 0.703. The van der Waals surface area contributed by atoms with Crippen LogP contribution in [0.3, 0.4) is 0 Å². The number of nitrogen functional groups attached to an aromatic ring is 1. The van der Waals surface area contributed by atoms with Crippen LogP contribution in [-0.2, 0) is 6.18 Å². The fourth-order valence-electron chi connectivity index (χ4n) is 2.33. The molecule has 2 aromatic carbocycles. The lowest BCUT2D eigenvalue weighted by molar-refractivity contribution is -0.142. The van der Waals surface area contributed by atoms with E-state index >= 15 is 0 Å². The highest BCUT2D eigenvalue weighted by Gasteiger charge is 2.38. The van der Waals surface area contributed by atoms with E-state index in [1.807, 2.05) is 0 Å². The van der Waals surface area contributed by atoms with Gasteiger partial charge < -0.3 is 5.73 Å². The van der Waals surface area contributed by atoms with Crippen LogP contribution >= 0.6 is 0 Å². The Labute approximate surface area is 133 Å². The molecule has 3 nitrogen and oxygen atoms in total. The highest BCUT2D eigenvalue weighted by Crippen LogP contribution is 2.35. The first kappa shape index (κ1) is 16.0. The van der Waals surface area contributed by atoms with Crippen molar-refractivity contribution >= 4 is 5.69 Å². The fourth-order valence-corrected chi connectivity index (χ4v) is 2.33. The van der Waals surface area contributed by atoms with E-state index in [1.54, 1.807) is 0 Å². The Bertz CT molecular complexity index is 882. The van der Waals surface area contributed by atoms with Crippen molar-refractivity contribution < 1.29 is 22.0 Å². The second-order valence-corrected chi connectivity index (χ2v) is 5.03. The van der Waals surface area contributed by atoms with Crippen molar-refractivity contribution in [3.8, 4) is 16.8 Å². The van der Waals surface area contributed by atoms with Crippen LogP contribution in [0.1, 0.15) is 5.69 Å². The number of nitrogens with zero attached hydrogens (tertiary/aromatic N) is 2. The zero-order valence-corrected chi connectivity index (χ0v) is 12.0. The molecule has 2 N–H and O–H groups in total. The average molecular weight is 339 g/mol. The number of nitrogens with two attached hydrogens (primary N) is 1. The van der Waals surface area contributed by atoms with E-state index < -0.39 is 29.2 Å². The third kappa shape index (κ3) is 2.82. The molecule has 1 heterocycles. The van der Waals surface area contributed by atoms with Gasteiger partial charge >= 0.3 is 6.18 Å². The highest BCUT2D eigenvalue weighted by atomic mass is 19.4. The molecule has 0 aliphatic carbocycles.